The molecule has 0 aliphatic carbocycles. The van der Waals surface area contributed by atoms with Crippen LogP contribution < -0.4 is 0 Å². The molecule has 0 radical (unpaired) electrons. The molecule has 0 amide bonds. The molecule has 0 heterocycles. The number of hydrogen-bond acceptors (Lipinski definition) is 3. The van der Waals surface area contributed by atoms with Crippen molar-refractivity contribution in [1.29, 1.82) is 0 Å². The molecule has 4 heteroatoms. The van der Waals surface area contributed by atoms with E-state index in [0.717, 1.165) is 24.9 Å². The fraction of sp³-hybridized carbons (Fsp3) is 0.529. The van der Waals surface area contributed by atoms with Crippen LogP contribution in [0.25, 0.3) is 0 Å². The number of rotatable bonds is 11. The zero-order valence-electron chi connectivity index (χ0n) is 12.8. The van der Waals surface area contributed by atoms with Gasteiger partial charge in [0.25, 0.3) is 0 Å². The van der Waals surface area contributed by atoms with E-state index in [9.17, 15) is 9.50 Å². The molecule has 0 spiro atoms. The van der Waals surface area contributed by atoms with Crippen molar-refractivity contribution < 1.29 is 14.2 Å². The van der Waals surface area contributed by atoms with Crippen LogP contribution in [0, 0.1) is 5.82 Å². The van der Waals surface area contributed by atoms with E-state index >= 15 is 0 Å². The van der Waals surface area contributed by atoms with Crippen molar-refractivity contribution in [1.82, 2.24) is 4.90 Å². The fourth-order valence-electron chi connectivity index (χ4n) is 2.21. The molecule has 0 fully saturated rings. The number of ether oxygens (including phenoxy) is 1. The Kier molecular flexibility index (Phi) is 8.90. The summed E-state index contributed by atoms with van der Waals surface area (Å²) >= 11 is 0. The molecule has 0 saturated heterocycles. The van der Waals surface area contributed by atoms with E-state index in [1.165, 1.54) is 12.1 Å². The van der Waals surface area contributed by atoms with Crippen molar-refractivity contribution in [2.75, 3.05) is 26.8 Å². The normalized spacial score (nSPS) is 12.6. The maximum atomic E-state index is 12.9. The third-order valence-corrected chi connectivity index (χ3v) is 3.32. The number of aliphatic hydroxyl groups excluding tert-OH is 1. The van der Waals surface area contributed by atoms with E-state index in [0.29, 0.717) is 26.1 Å². The Morgan fingerprint density at radius 2 is 2.10 bits per heavy atom. The third-order valence-electron chi connectivity index (χ3n) is 3.32. The van der Waals surface area contributed by atoms with E-state index in [1.54, 1.807) is 19.2 Å². The Morgan fingerprint density at radius 3 is 2.71 bits per heavy atom. The van der Waals surface area contributed by atoms with E-state index in [1.807, 2.05) is 6.08 Å². The first-order chi connectivity index (χ1) is 10.2. The summed E-state index contributed by atoms with van der Waals surface area (Å²) in [5, 5.41) is 10.0. The van der Waals surface area contributed by atoms with Crippen LogP contribution in [0.5, 0.6) is 0 Å². The lowest BCUT2D eigenvalue weighted by Crippen LogP contribution is -2.33. The third kappa shape index (κ3) is 7.95. The fourth-order valence-corrected chi connectivity index (χ4v) is 2.21. The van der Waals surface area contributed by atoms with Crippen LogP contribution in [0.15, 0.2) is 36.9 Å². The summed E-state index contributed by atoms with van der Waals surface area (Å²) in [7, 11) is 1.68. The van der Waals surface area contributed by atoms with Gasteiger partial charge >= 0.3 is 0 Å². The quantitative estimate of drug-likeness (QED) is 0.503. The number of aliphatic hydroxyl groups is 1. The van der Waals surface area contributed by atoms with Gasteiger partial charge in [-0.1, -0.05) is 18.2 Å². The first kappa shape index (κ1) is 17.8. The summed E-state index contributed by atoms with van der Waals surface area (Å²) < 4.78 is 18.0. The molecule has 0 aromatic heterocycles. The summed E-state index contributed by atoms with van der Waals surface area (Å²) in [6.45, 7) is 6.52. The zero-order chi connectivity index (χ0) is 15.5. The molecule has 0 aliphatic heterocycles. The Morgan fingerprint density at radius 1 is 1.38 bits per heavy atom. The summed E-state index contributed by atoms with van der Waals surface area (Å²) in [6, 6.07) is 6.51. The summed E-state index contributed by atoms with van der Waals surface area (Å²) in [5.41, 5.74) is 1.05. The lowest BCUT2D eigenvalue weighted by molar-refractivity contribution is 0.0941. The van der Waals surface area contributed by atoms with Gasteiger partial charge in [-0.25, -0.2) is 4.39 Å². The first-order valence-corrected chi connectivity index (χ1v) is 7.40. The highest BCUT2D eigenvalue weighted by Crippen LogP contribution is 2.09. The van der Waals surface area contributed by atoms with Gasteiger partial charge in [-0.3, -0.25) is 4.90 Å². The predicted octanol–water partition coefficient (Wildman–Crippen LogP) is 2.99. The number of halogens is 1. The maximum absolute atomic E-state index is 12.9. The van der Waals surface area contributed by atoms with Gasteiger partial charge < -0.3 is 9.84 Å². The molecule has 21 heavy (non-hydrogen) atoms. The van der Waals surface area contributed by atoms with Gasteiger partial charge in [-0.15, -0.1) is 6.58 Å². The topological polar surface area (TPSA) is 32.7 Å². The van der Waals surface area contributed by atoms with Gasteiger partial charge in [0.1, 0.15) is 5.82 Å². The molecule has 3 nitrogen and oxygen atoms in total. The number of nitrogens with zero attached hydrogens (tertiary/aromatic N) is 1. The average molecular weight is 295 g/mol. The van der Waals surface area contributed by atoms with Crippen LogP contribution in [-0.2, 0) is 11.3 Å². The standard InChI is InChI=1S/C17H26FNO2/c1-3-4-6-17(20)14-19(11-5-12-21-2)13-15-7-9-16(18)10-8-15/h3,7-10,17,20H,1,4-6,11-14H2,2H3/t17-/m1/s1. The molecule has 0 unspecified atom stereocenters. The molecule has 1 N–H and O–H groups in total. The summed E-state index contributed by atoms with van der Waals surface area (Å²) in [5.74, 6) is -0.226. The van der Waals surface area contributed by atoms with E-state index in [4.69, 9.17) is 4.74 Å². The smallest absolute Gasteiger partial charge is 0.123 e. The second kappa shape index (κ2) is 10.5. The second-order valence-corrected chi connectivity index (χ2v) is 5.23. The number of hydrogen-bond donors (Lipinski definition) is 1. The minimum Gasteiger partial charge on any atom is -0.392 e. The highest BCUT2D eigenvalue weighted by molar-refractivity contribution is 5.15. The molecule has 0 saturated carbocycles. The van der Waals surface area contributed by atoms with E-state index in [2.05, 4.69) is 11.5 Å². The highest BCUT2D eigenvalue weighted by atomic mass is 19.1. The Labute approximate surface area is 127 Å². The average Bonchev–Trinajstić information content (AvgIpc) is 2.47. The van der Waals surface area contributed by atoms with Crippen LogP contribution in [0.1, 0.15) is 24.8 Å². The van der Waals surface area contributed by atoms with Crippen LogP contribution in [0.3, 0.4) is 0 Å². The van der Waals surface area contributed by atoms with Crippen molar-refractivity contribution >= 4 is 0 Å². The van der Waals surface area contributed by atoms with Gasteiger partial charge in [-0.05, 0) is 37.0 Å². The Balaban J connectivity index is 2.53. The van der Waals surface area contributed by atoms with Gasteiger partial charge in [0.2, 0.25) is 0 Å². The monoisotopic (exact) mass is 295 g/mol. The lowest BCUT2D eigenvalue weighted by atomic mass is 10.1. The van der Waals surface area contributed by atoms with Crippen molar-refractivity contribution in [3.05, 3.63) is 48.3 Å². The molecule has 1 aromatic rings. The van der Waals surface area contributed by atoms with E-state index in [-0.39, 0.29) is 11.9 Å². The van der Waals surface area contributed by atoms with Gasteiger partial charge in [0, 0.05) is 33.4 Å². The Bertz CT molecular complexity index is 394. The maximum Gasteiger partial charge on any atom is 0.123 e. The highest BCUT2D eigenvalue weighted by Gasteiger charge is 2.12. The molecular formula is C17H26FNO2. The van der Waals surface area contributed by atoms with Crippen molar-refractivity contribution in [3.8, 4) is 0 Å². The van der Waals surface area contributed by atoms with Crippen LogP contribution in [-0.4, -0.2) is 42.9 Å². The number of methoxy groups -OCH3 is 1. The molecule has 0 aliphatic rings. The van der Waals surface area contributed by atoms with Crippen LogP contribution >= 0.6 is 0 Å². The molecule has 118 valence electrons. The van der Waals surface area contributed by atoms with E-state index < -0.39 is 0 Å². The van der Waals surface area contributed by atoms with Gasteiger partial charge in [0.05, 0.1) is 6.10 Å². The zero-order valence-corrected chi connectivity index (χ0v) is 12.8. The molecule has 1 rings (SSSR count). The van der Waals surface area contributed by atoms with Crippen molar-refractivity contribution in [2.24, 2.45) is 0 Å². The van der Waals surface area contributed by atoms with Crippen molar-refractivity contribution in [2.45, 2.75) is 31.9 Å². The molecule has 1 aromatic carbocycles. The minimum absolute atomic E-state index is 0.226. The SMILES string of the molecule is C=CCC[C@@H](O)CN(CCCOC)Cc1ccc(F)cc1. The largest absolute Gasteiger partial charge is 0.392 e. The summed E-state index contributed by atoms with van der Waals surface area (Å²) in [6.07, 6.45) is 3.88. The Hall–Kier alpha value is -1.23. The number of benzene rings is 1. The van der Waals surface area contributed by atoms with Crippen LogP contribution in [0.4, 0.5) is 4.39 Å². The lowest BCUT2D eigenvalue weighted by Gasteiger charge is -2.25. The first-order valence-electron chi connectivity index (χ1n) is 7.40. The molecule has 1 atom stereocenters. The number of allylic oxidation sites excluding steroid dienone is 1. The van der Waals surface area contributed by atoms with Crippen molar-refractivity contribution in [3.63, 3.8) is 0 Å². The molecular weight excluding hydrogens is 269 g/mol. The summed E-state index contributed by atoms with van der Waals surface area (Å²) in [4.78, 5) is 2.18. The predicted molar refractivity (Wildman–Crippen MR) is 83.6 cm³/mol. The molecule has 0 bridgehead atoms. The minimum atomic E-state index is -0.369. The van der Waals surface area contributed by atoms with Gasteiger partial charge in [-0.2, -0.15) is 0 Å². The van der Waals surface area contributed by atoms with Crippen LogP contribution in [0.2, 0.25) is 0 Å². The second-order valence-electron chi connectivity index (χ2n) is 5.23. The van der Waals surface area contributed by atoms with Gasteiger partial charge in [0.15, 0.2) is 0 Å².